The van der Waals surface area contributed by atoms with Crippen LogP contribution < -0.4 is 10.5 Å². The zero-order valence-electron chi connectivity index (χ0n) is 9.29. The van der Waals surface area contributed by atoms with Crippen molar-refractivity contribution in [2.45, 2.75) is 6.61 Å². The van der Waals surface area contributed by atoms with Gasteiger partial charge in [-0.15, -0.1) is 0 Å². The Balaban J connectivity index is 2.16. The number of hydrogen-bond donors (Lipinski definition) is 1. The maximum Gasteiger partial charge on any atom is 0.122 e. The maximum absolute atomic E-state index is 6.06. The molecule has 0 aliphatic carbocycles. The lowest BCUT2D eigenvalue weighted by Gasteiger charge is -2.10. The Hall–Kier alpha value is -0.900. The number of anilines is 1. The fourth-order valence-corrected chi connectivity index (χ4v) is 2.49. The van der Waals surface area contributed by atoms with Crippen LogP contribution in [0.3, 0.4) is 0 Å². The largest absolute Gasteiger partial charge is 0.489 e. The van der Waals surface area contributed by atoms with E-state index in [1.165, 1.54) is 0 Å². The highest BCUT2D eigenvalue weighted by Crippen LogP contribution is 2.27. The highest BCUT2D eigenvalue weighted by atomic mass is 79.9. The molecule has 0 aliphatic rings. The Morgan fingerprint density at radius 1 is 1.11 bits per heavy atom. The Bertz CT molecular complexity index is 534. The first-order chi connectivity index (χ1) is 8.56. The van der Waals surface area contributed by atoms with Crippen molar-refractivity contribution in [3.8, 4) is 5.75 Å². The van der Waals surface area contributed by atoms with Gasteiger partial charge in [0.05, 0.1) is 0 Å². The van der Waals surface area contributed by atoms with Crippen LogP contribution in [0.4, 0.5) is 5.69 Å². The maximum atomic E-state index is 6.06. The van der Waals surface area contributed by atoms with Crippen LogP contribution in [0.2, 0.25) is 10.0 Å². The van der Waals surface area contributed by atoms with Crippen LogP contribution in [0.5, 0.6) is 5.75 Å². The smallest absolute Gasteiger partial charge is 0.122 e. The highest BCUT2D eigenvalue weighted by Gasteiger charge is 2.06. The van der Waals surface area contributed by atoms with Crippen LogP contribution in [0.1, 0.15) is 5.56 Å². The van der Waals surface area contributed by atoms with E-state index in [1.54, 1.807) is 30.3 Å². The van der Waals surface area contributed by atoms with Gasteiger partial charge in [-0.3, -0.25) is 0 Å². The van der Waals surface area contributed by atoms with Crippen LogP contribution in [0.15, 0.2) is 40.9 Å². The Morgan fingerprint density at radius 2 is 1.78 bits per heavy atom. The van der Waals surface area contributed by atoms with Crippen molar-refractivity contribution < 1.29 is 4.74 Å². The van der Waals surface area contributed by atoms with Gasteiger partial charge in [0, 0.05) is 31.8 Å². The SMILES string of the molecule is Nc1cc(Br)cc(OCc2c(Cl)cccc2Cl)c1. The molecule has 0 spiro atoms. The minimum atomic E-state index is 0.300. The number of nitrogen functional groups attached to an aromatic ring is 1. The second kappa shape index (κ2) is 5.83. The second-order valence-electron chi connectivity index (χ2n) is 3.71. The molecule has 2 N–H and O–H groups in total. The summed E-state index contributed by atoms with van der Waals surface area (Å²) < 4.78 is 6.50. The van der Waals surface area contributed by atoms with Gasteiger partial charge in [-0.05, 0) is 24.3 Å². The van der Waals surface area contributed by atoms with Gasteiger partial charge in [-0.25, -0.2) is 0 Å². The Morgan fingerprint density at radius 3 is 2.39 bits per heavy atom. The fraction of sp³-hybridized carbons (Fsp3) is 0.0769. The first-order valence-corrected chi connectivity index (χ1v) is 6.73. The minimum Gasteiger partial charge on any atom is -0.489 e. The number of halogens is 3. The number of rotatable bonds is 3. The summed E-state index contributed by atoms with van der Waals surface area (Å²) >= 11 is 15.5. The van der Waals surface area contributed by atoms with E-state index >= 15 is 0 Å². The third kappa shape index (κ3) is 3.31. The first-order valence-electron chi connectivity index (χ1n) is 5.18. The van der Waals surface area contributed by atoms with Crippen LogP contribution in [0.25, 0.3) is 0 Å². The molecule has 0 fully saturated rings. The van der Waals surface area contributed by atoms with E-state index < -0.39 is 0 Å². The van der Waals surface area contributed by atoms with E-state index in [2.05, 4.69) is 15.9 Å². The summed E-state index contributed by atoms with van der Waals surface area (Å²) in [5.41, 5.74) is 7.12. The third-order valence-electron chi connectivity index (χ3n) is 2.34. The van der Waals surface area contributed by atoms with Crippen molar-refractivity contribution >= 4 is 44.8 Å². The molecule has 0 radical (unpaired) electrons. The van der Waals surface area contributed by atoms with Gasteiger partial charge in [-0.1, -0.05) is 45.2 Å². The van der Waals surface area contributed by atoms with Gasteiger partial charge >= 0.3 is 0 Å². The normalized spacial score (nSPS) is 10.4. The summed E-state index contributed by atoms with van der Waals surface area (Å²) in [6, 6.07) is 10.7. The van der Waals surface area contributed by atoms with Gasteiger partial charge in [0.15, 0.2) is 0 Å². The molecule has 0 saturated heterocycles. The van der Waals surface area contributed by atoms with E-state index in [4.69, 9.17) is 33.7 Å². The zero-order chi connectivity index (χ0) is 13.1. The molecule has 94 valence electrons. The number of ether oxygens (including phenoxy) is 1. The van der Waals surface area contributed by atoms with Crippen LogP contribution >= 0.6 is 39.1 Å². The molecule has 0 saturated carbocycles. The molecular formula is C13H10BrCl2NO. The monoisotopic (exact) mass is 345 g/mol. The molecule has 2 aromatic rings. The summed E-state index contributed by atoms with van der Waals surface area (Å²) in [6.07, 6.45) is 0. The van der Waals surface area contributed by atoms with Crippen molar-refractivity contribution in [3.05, 3.63) is 56.5 Å². The van der Waals surface area contributed by atoms with Crippen LogP contribution in [-0.4, -0.2) is 0 Å². The van der Waals surface area contributed by atoms with E-state index in [-0.39, 0.29) is 0 Å². The van der Waals surface area contributed by atoms with E-state index in [0.717, 1.165) is 10.0 Å². The minimum absolute atomic E-state index is 0.300. The summed E-state index contributed by atoms with van der Waals surface area (Å²) in [4.78, 5) is 0. The summed E-state index contributed by atoms with van der Waals surface area (Å²) in [6.45, 7) is 0.300. The van der Waals surface area contributed by atoms with Gasteiger partial charge < -0.3 is 10.5 Å². The Labute approximate surface area is 124 Å². The Kier molecular flexibility index (Phi) is 4.38. The standard InChI is InChI=1S/C13H10BrCl2NO/c14-8-4-9(17)6-10(5-8)18-7-11-12(15)2-1-3-13(11)16/h1-6H,7,17H2. The number of nitrogens with two attached hydrogens (primary N) is 1. The zero-order valence-corrected chi connectivity index (χ0v) is 12.4. The lowest BCUT2D eigenvalue weighted by atomic mass is 10.2. The molecule has 0 unspecified atom stereocenters. The molecule has 0 aliphatic heterocycles. The molecular weight excluding hydrogens is 337 g/mol. The summed E-state index contributed by atoms with van der Waals surface area (Å²) in [7, 11) is 0. The van der Waals surface area contributed by atoms with Crippen LogP contribution in [-0.2, 0) is 6.61 Å². The number of benzene rings is 2. The predicted octanol–water partition coefficient (Wildman–Crippen LogP) is 4.92. The van der Waals surface area contributed by atoms with E-state index in [0.29, 0.717) is 28.1 Å². The topological polar surface area (TPSA) is 35.2 Å². The van der Waals surface area contributed by atoms with Gasteiger partial charge in [0.25, 0.3) is 0 Å². The fourth-order valence-electron chi connectivity index (χ4n) is 1.49. The van der Waals surface area contributed by atoms with Crippen molar-refractivity contribution in [1.82, 2.24) is 0 Å². The van der Waals surface area contributed by atoms with Crippen molar-refractivity contribution in [3.63, 3.8) is 0 Å². The molecule has 5 heteroatoms. The van der Waals surface area contributed by atoms with E-state index in [9.17, 15) is 0 Å². The average molecular weight is 347 g/mol. The summed E-state index contributed by atoms with van der Waals surface area (Å²) in [5, 5.41) is 1.18. The predicted molar refractivity (Wildman–Crippen MR) is 79.3 cm³/mol. The quantitative estimate of drug-likeness (QED) is 0.801. The highest BCUT2D eigenvalue weighted by molar-refractivity contribution is 9.10. The molecule has 18 heavy (non-hydrogen) atoms. The van der Waals surface area contributed by atoms with Crippen molar-refractivity contribution in [2.24, 2.45) is 0 Å². The molecule has 0 aromatic heterocycles. The number of hydrogen-bond acceptors (Lipinski definition) is 2. The first kappa shape index (κ1) is 13.5. The molecule has 2 nitrogen and oxygen atoms in total. The summed E-state index contributed by atoms with van der Waals surface area (Å²) in [5.74, 6) is 0.665. The van der Waals surface area contributed by atoms with Crippen LogP contribution in [0, 0.1) is 0 Å². The third-order valence-corrected chi connectivity index (χ3v) is 3.50. The van der Waals surface area contributed by atoms with Gasteiger partial charge in [0.2, 0.25) is 0 Å². The van der Waals surface area contributed by atoms with Gasteiger partial charge in [0.1, 0.15) is 12.4 Å². The lowest BCUT2D eigenvalue weighted by Crippen LogP contribution is -1.98. The van der Waals surface area contributed by atoms with Crippen molar-refractivity contribution in [1.29, 1.82) is 0 Å². The molecule has 0 amide bonds. The molecule has 0 bridgehead atoms. The molecule has 2 aromatic carbocycles. The average Bonchev–Trinajstić information content (AvgIpc) is 2.27. The van der Waals surface area contributed by atoms with Gasteiger partial charge in [-0.2, -0.15) is 0 Å². The molecule has 0 heterocycles. The van der Waals surface area contributed by atoms with Crippen molar-refractivity contribution in [2.75, 3.05) is 5.73 Å². The molecule has 2 rings (SSSR count). The van der Waals surface area contributed by atoms with E-state index in [1.807, 2.05) is 6.07 Å². The molecule has 0 atom stereocenters. The lowest BCUT2D eigenvalue weighted by molar-refractivity contribution is 0.306. The second-order valence-corrected chi connectivity index (χ2v) is 5.44.